The zero-order chi connectivity index (χ0) is 14.5. The monoisotopic (exact) mass is 280 g/mol. The second-order valence-electron chi connectivity index (χ2n) is 5.11. The fourth-order valence-electron chi connectivity index (χ4n) is 2.37. The Bertz CT molecular complexity index is 431. The predicted molar refractivity (Wildman–Crippen MR) is 79.5 cm³/mol. The Morgan fingerprint density at radius 2 is 1.95 bits per heavy atom. The summed E-state index contributed by atoms with van der Waals surface area (Å²) >= 11 is 0. The minimum atomic E-state index is 0.386. The Hall–Kier alpha value is -1.63. The first-order chi connectivity index (χ1) is 9.63. The van der Waals surface area contributed by atoms with Gasteiger partial charge in [-0.3, -0.25) is 0 Å². The highest BCUT2D eigenvalue weighted by molar-refractivity contribution is 5.38. The number of hydrogen-bond donors (Lipinski definition) is 1. The zero-order valence-corrected chi connectivity index (χ0v) is 12.8. The maximum atomic E-state index is 5.40. The van der Waals surface area contributed by atoms with Gasteiger partial charge in [-0.2, -0.15) is 15.0 Å². The molecule has 0 saturated carbocycles. The van der Waals surface area contributed by atoms with Crippen LogP contribution in [0.4, 0.5) is 11.9 Å². The van der Waals surface area contributed by atoms with Gasteiger partial charge in [0.1, 0.15) is 0 Å². The molecule has 2 heterocycles. The highest BCUT2D eigenvalue weighted by Crippen LogP contribution is 2.21. The summed E-state index contributed by atoms with van der Waals surface area (Å²) in [7, 11) is 6.07. The van der Waals surface area contributed by atoms with E-state index in [4.69, 9.17) is 4.74 Å². The third-order valence-corrected chi connectivity index (χ3v) is 3.58. The first-order valence-corrected chi connectivity index (χ1v) is 7.12. The van der Waals surface area contributed by atoms with Gasteiger partial charge in [-0.15, -0.1) is 0 Å². The maximum absolute atomic E-state index is 5.40. The number of rotatable bonds is 5. The molecule has 1 N–H and O–H groups in total. The smallest absolute Gasteiger partial charge is 0.323 e. The molecule has 1 aromatic rings. The molecule has 1 aliphatic heterocycles. The summed E-state index contributed by atoms with van der Waals surface area (Å²) in [6, 6.07) is 1.03. The highest BCUT2D eigenvalue weighted by Gasteiger charge is 2.23. The van der Waals surface area contributed by atoms with Gasteiger partial charge < -0.3 is 19.9 Å². The molecule has 1 aromatic heterocycles. The summed E-state index contributed by atoms with van der Waals surface area (Å²) in [6.07, 6.45) is 2.25. The number of aromatic nitrogens is 3. The van der Waals surface area contributed by atoms with Crippen LogP contribution in [0.1, 0.15) is 19.8 Å². The van der Waals surface area contributed by atoms with Crippen molar-refractivity contribution in [3.63, 3.8) is 0 Å². The molecule has 112 valence electrons. The molecule has 1 fully saturated rings. The SMILES string of the molecule is CCOc1nc(NC)nc(N2CCC(N(C)C)CC2)n1. The molecule has 0 radical (unpaired) electrons. The van der Waals surface area contributed by atoms with E-state index in [-0.39, 0.29) is 0 Å². The van der Waals surface area contributed by atoms with Crippen molar-refractivity contribution in [3.8, 4) is 6.01 Å². The van der Waals surface area contributed by atoms with Crippen LogP contribution in [0.2, 0.25) is 0 Å². The largest absolute Gasteiger partial charge is 0.464 e. The van der Waals surface area contributed by atoms with Crippen molar-refractivity contribution in [1.29, 1.82) is 0 Å². The highest BCUT2D eigenvalue weighted by atomic mass is 16.5. The summed E-state index contributed by atoms with van der Waals surface area (Å²) in [5.41, 5.74) is 0. The number of piperidine rings is 1. The van der Waals surface area contributed by atoms with Crippen molar-refractivity contribution in [3.05, 3.63) is 0 Å². The summed E-state index contributed by atoms with van der Waals surface area (Å²) in [5.74, 6) is 1.25. The van der Waals surface area contributed by atoms with Gasteiger partial charge in [0.05, 0.1) is 6.61 Å². The maximum Gasteiger partial charge on any atom is 0.323 e. The zero-order valence-electron chi connectivity index (χ0n) is 12.8. The van der Waals surface area contributed by atoms with Crippen LogP contribution in [0.15, 0.2) is 0 Å². The van der Waals surface area contributed by atoms with Crippen molar-refractivity contribution in [2.45, 2.75) is 25.8 Å². The number of nitrogens with zero attached hydrogens (tertiary/aromatic N) is 5. The van der Waals surface area contributed by atoms with Gasteiger partial charge in [0.25, 0.3) is 0 Å². The lowest BCUT2D eigenvalue weighted by molar-refractivity contribution is 0.248. The van der Waals surface area contributed by atoms with Crippen LogP contribution in [-0.4, -0.2) is 66.7 Å². The predicted octanol–water partition coefficient (Wildman–Crippen LogP) is 0.842. The Labute approximate surface area is 120 Å². The third kappa shape index (κ3) is 3.47. The van der Waals surface area contributed by atoms with E-state index in [1.54, 1.807) is 7.05 Å². The topological polar surface area (TPSA) is 66.4 Å². The molecule has 0 aliphatic carbocycles. The van der Waals surface area contributed by atoms with Gasteiger partial charge in [0, 0.05) is 26.2 Å². The fourth-order valence-corrected chi connectivity index (χ4v) is 2.37. The van der Waals surface area contributed by atoms with Crippen molar-refractivity contribution >= 4 is 11.9 Å². The van der Waals surface area contributed by atoms with Crippen molar-refractivity contribution in [2.75, 3.05) is 51.1 Å². The molecular formula is C13H24N6O. The van der Waals surface area contributed by atoms with Crippen LogP contribution in [0.5, 0.6) is 6.01 Å². The van der Waals surface area contributed by atoms with Crippen molar-refractivity contribution < 1.29 is 4.74 Å². The minimum Gasteiger partial charge on any atom is -0.464 e. The Balaban J connectivity index is 2.10. The first kappa shape index (κ1) is 14.8. The summed E-state index contributed by atoms with van der Waals surface area (Å²) in [5, 5.41) is 2.96. The Morgan fingerprint density at radius 1 is 1.25 bits per heavy atom. The van der Waals surface area contributed by atoms with E-state index in [1.807, 2.05) is 6.92 Å². The summed E-state index contributed by atoms with van der Waals surface area (Å²) in [6.45, 7) is 4.39. The lowest BCUT2D eigenvalue weighted by Crippen LogP contribution is -2.42. The van der Waals surface area contributed by atoms with Crippen molar-refractivity contribution in [1.82, 2.24) is 19.9 Å². The quantitative estimate of drug-likeness (QED) is 0.857. The van der Waals surface area contributed by atoms with Gasteiger partial charge in [0.15, 0.2) is 0 Å². The molecule has 0 atom stereocenters. The van der Waals surface area contributed by atoms with Crippen LogP contribution in [0.3, 0.4) is 0 Å². The molecule has 0 amide bonds. The molecule has 0 aromatic carbocycles. The Morgan fingerprint density at radius 3 is 2.50 bits per heavy atom. The molecule has 7 nitrogen and oxygen atoms in total. The molecule has 0 bridgehead atoms. The van der Waals surface area contributed by atoms with E-state index < -0.39 is 0 Å². The van der Waals surface area contributed by atoms with Crippen LogP contribution >= 0.6 is 0 Å². The van der Waals surface area contributed by atoms with Gasteiger partial charge in [0.2, 0.25) is 11.9 Å². The fraction of sp³-hybridized carbons (Fsp3) is 0.769. The normalized spacial score (nSPS) is 16.6. The number of nitrogens with one attached hydrogen (secondary N) is 1. The van der Waals surface area contributed by atoms with Gasteiger partial charge in [-0.25, -0.2) is 0 Å². The lowest BCUT2D eigenvalue weighted by atomic mass is 10.0. The van der Waals surface area contributed by atoms with E-state index in [1.165, 1.54) is 0 Å². The molecule has 7 heteroatoms. The first-order valence-electron chi connectivity index (χ1n) is 7.12. The molecule has 0 spiro atoms. The molecule has 1 aliphatic rings. The van der Waals surface area contributed by atoms with Gasteiger partial charge >= 0.3 is 6.01 Å². The minimum absolute atomic E-state index is 0.386. The number of hydrogen-bond acceptors (Lipinski definition) is 7. The van der Waals surface area contributed by atoms with Crippen LogP contribution in [-0.2, 0) is 0 Å². The summed E-state index contributed by atoms with van der Waals surface area (Å²) in [4.78, 5) is 17.5. The van der Waals surface area contributed by atoms with Crippen LogP contribution in [0.25, 0.3) is 0 Å². The van der Waals surface area contributed by atoms with E-state index in [0.717, 1.165) is 25.9 Å². The molecule has 20 heavy (non-hydrogen) atoms. The number of ether oxygens (including phenoxy) is 1. The van der Waals surface area contributed by atoms with E-state index >= 15 is 0 Å². The molecule has 2 rings (SSSR count). The van der Waals surface area contributed by atoms with Gasteiger partial charge in [-0.05, 0) is 33.9 Å². The number of anilines is 2. The third-order valence-electron chi connectivity index (χ3n) is 3.58. The average molecular weight is 280 g/mol. The Kier molecular flexibility index (Phi) is 4.94. The van der Waals surface area contributed by atoms with Gasteiger partial charge in [-0.1, -0.05) is 0 Å². The molecule has 1 saturated heterocycles. The average Bonchev–Trinajstić information content (AvgIpc) is 2.47. The lowest BCUT2D eigenvalue weighted by Gasteiger charge is -2.35. The molecule has 0 unspecified atom stereocenters. The second-order valence-corrected chi connectivity index (χ2v) is 5.11. The standard InChI is InChI=1S/C13H24N6O/c1-5-20-13-16-11(14-2)15-12(17-13)19-8-6-10(7-9-19)18(3)4/h10H,5-9H2,1-4H3,(H,14,15,16,17). The van der Waals surface area contributed by atoms with Crippen molar-refractivity contribution in [2.24, 2.45) is 0 Å². The van der Waals surface area contributed by atoms with Crippen LogP contribution in [0, 0.1) is 0 Å². The van der Waals surface area contributed by atoms with E-state index in [9.17, 15) is 0 Å². The summed E-state index contributed by atoms with van der Waals surface area (Å²) < 4.78 is 5.40. The van der Waals surface area contributed by atoms with Crippen LogP contribution < -0.4 is 15.0 Å². The molecular weight excluding hydrogens is 256 g/mol. The second kappa shape index (κ2) is 6.69. The van der Waals surface area contributed by atoms with E-state index in [0.29, 0.717) is 30.6 Å². The van der Waals surface area contributed by atoms with E-state index in [2.05, 4.69) is 44.2 Å².